The van der Waals surface area contributed by atoms with E-state index >= 15 is 0 Å². The number of nitrogens with zero attached hydrogens (tertiary/aromatic N) is 2. The molecule has 1 N–H and O–H groups in total. The van der Waals surface area contributed by atoms with Gasteiger partial charge in [-0.15, -0.1) is 11.6 Å². The van der Waals surface area contributed by atoms with E-state index < -0.39 is 26.2 Å². The van der Waals surface area contributed by atoms with Gasteiger partial charge in [0, 0.05) is 32.7 Å². The Morgan fingerprint density at radius 2 is 1.94 bits per heavy atom. The number of rotatable bonds is 5. The van der Waals surface area contributed by atoms with Crippen LogP contribution >= 0.6 is 11.6 Å². The predicted octanol–water partition coefficient (Wildman–Crippen LogP) is -1.01. The van der Waals surface area contributed by atoms with Gasteiger partial charge in [0.15, 0.2) is 4.90 Å². The van der Waals surface area contributed by atoms with Gasteiger partial charge in [-0.05, 0) is 6.42 Å². The smallest absolute Gasteiger partial charge is 0.302 e. The van der Waals surface area contributed by atoms with Crippen molar-refractivity contribution in [3.8, 4) is 0 Å². The Bertz CT molecular complexity index is 647. The Morgan fingerprint density at radius 1 is 1.33 bits per heavy atom. The lowest BCUT2D eigenvalue weighted by Crippen LogP contribution is -2.41. The normalized spacial score (nSPS) is 11.7. The topological polar surface area (TPSA) is 90.2 Å². The molecule has 1 rings (SSSR count). The first kappa shape index (κ1) is 14.9. The van der Waals surface area contributed by atoms with Crippen LogP contribution in [0.4, 0.5) is 0 Å². The third kappa shape index (κ3) is 3.01. The minimum Gasteiger partial charge on any atom is -0.302 e. The van der Waals surface area contributed by atoms with Crippen LogP contribution in [0.2, 0.25) is 0 Å². The van der Waals surface area contributed by atoms with Crippen molar-refractivity contribution >= 4 is 21.6 Å². The summed E-state index contributed by atoms with van der Waals surface area (Å²) in [6.07, 6.45) is 1.46. The summed E-state index contributed by atoms with van der Waals surface area (Å²) in [5, 5.41) is 0. The van der Waals surface area contributed by atoms with Gasteiger partial charge in [0.2, 0.25) is 10.0 Å². The molecule has 0 fully saturated rings. The van der Waals surface area contributed by atoms with E-state index in [1.54, 1.807) is 0 Å². The summed E-state index contributed by atoms with van der Waals surface area (Å²) < 4.78 is 27.8. The number of nitrogens with one attached hydrogen (secondary N) is 1. The molecule has 0 atom stereocenters. The fourth-order valence-electron chi connectivity index (χ4n) is 1.31. The van der Waals surface area contributed by atoms with Crippen LogP contribution in [0.3, 0.4) is 0 Å². The Balaban J connectivity index is 3.26. The maximum absolute atomic E-state index is 11.9. The third-order valence-corrected chi connectivity index (χ3v) is 4.02. The molecule has 102 valence electrons. The average molecular weight is 296 g/mol. The zero-order valence-corrected chi connectivity index (χ0v) is 11.6. The number of halogens is 1. The van der Waals surface area contributed by atoms with E-state index in [0.29, 0.717) is 12.3 Å². The first-order valence-corrected chi connectivity index (χ1v) is 7.15. The molecule has 0 spiro atoms. The van der Waals surface area contributed by atoms with Gasteiger partial charge in [0.25, 0.3) is 5.56 Å². The molecule has 0 aliphatic rings. The van der Waals surface area contributed by atoms with Crippen LogP contribution < -0.4 is 16.0 Å². The summed E-state index contributed by atoms with van der Waals surface area (Å²) in [6.45, 7) is 0.137. The molecular weight excluding hydrogens is 282 g/mol. The molecule has 7 nitrogen and oxygen atoms in total. The first-order valence-electron chi connectivity index (χ1n) is 5.13. The van der Waals surface area contributed by atoms with Gasteiger partial charge in [0.05, 0.1) is 0 Å². The molecule has 1 heterocycles. The van der Waals surface area contributed by atoms with E-state index in [9.17, 15) is 18.0 Å². The van der Waals surface area contributed by atoms with Gasteiger partial charge in [-0.1, -0.05) is 0 Å². The van der Waals surface area contributed by atoms with Crippen molar-refractivity contribution < 1.29 is 8.42 Å². The molecule has 0 aromatic carbocycles. The van der Waals surface area contributed by atoms with E-state index in [-0.39, 0.29) is 6.54 Å². The second kappa shape index (κ2) is 5.68. The molecule has 0 radical (unpaired) electrons. The molecule has 1 aromatic rings. The van der Waals surface area contributed by atoms with E-state index in [2.05, 4.69) is 4.72 Å². The lowest BCUT2D eigenvalue weighted by atomic mass is 10.5. The number of aromatic nitrogens is 2. The molecule has 1 aromatic heterocycles. The van der Waals surface area contributed by atoms with Crippen LogP contribution in [0.1, 0.15) is 6.42 Å². The molecule has 0 saturated heterocycles. The average Bonchev–Trinajstić information content (AvgIpc) is 2.31. The summed E-state index contributed by atoms with van der Waals surface area (Å²) in [4.78, 5) is 22.7. The van der Waals surface area contributed by atoms with Crippen molar-refractivity contribution in [2.24, 2.45) is 14.1 Å². The fourth-order valence-corrected chi connectivity index (χ4v) is 2.68. The number of hydrogen-bond donors (Lipinski definition) is 1. The summed E-state index contributed by atoms with van der Waals surface area (Å²) >= 11 is 5.43. The Labute approximate surface area is 109 Å². The highest BCUT2D eigenvalue weighted by atomic mass is 35.5. The van der Waals surface area contributed by atoms with Gasteiger partial charge in [-0.3, -0.25) is 9.36 Å². The Hall–Kier alpha value is -1.12. The van der Waals surface area contributed by atoms with Crippen LogP contribution in [0, 0.1) is 0 Å². The van der Waals surface area contributed by atoms with Crippen molar-refractivity contribution in [2.75, 3.05) is 12.4 Å². The minimum atomic E-state index is -3.93. The summed E-state index contributed by atoms with van der Waals surface area (Å²) in [6, 6.07) is 0. The van der Waals surface area contributed by atoms with E-state index in [1.165, 1.54) is 14.1 Å². The Morgan fingerprint density at radius 3 is 2.50 bits per heavy atom. The maximum Gasteiger partial charge on any atom is 0.330 e. The molecule has 0 aliphatic heterocycles. The van der Waals surface area contributed by atoms with Crippen molar-refractivity contribution in [2.45, 2.75) is 11.3 Å². The molecule has 0 unspecified atom stereocenters. The molecule has 0 amide bonds. The zero-order valence-electron chi connectivity index (χ0n) is 10.0. The van der Waals surface area contributed by atoms with Crippen LogP contribution in [-0.4, -0.2) is 30.0 Å². The monoisotopic (exact) mass is 295 g/mol. The highest BCUT2D eigenvalue weighted by Crippen LogP contribution is 1.99. The second-order valence-electron chi connectivity index (χ2n) is 3.69. The largest absolute Gasteiger partial charge is 0.330 e. The summed E-state index contributed by atoms with van der Waals surface area (Å²) in [5.41, 5.74) is -1.43. The zero-order chi connectivity index (χ0) is 13.9. The highest BCUT2D eigenvalue weighted by Gasteiger charge is 2.20. The fraction of sp³-hybridized carbons (Fsp3) is 0.556. The number of sulfonamides is 1. The van der Waals surface area contributed by atoms with Gasteiger partial charge in [-0.2, -0.15) is 0 Å². The molecule has 0 bridgehead atoms. The van der Waals surface area contributed by atoms with Crippen LogP contribution in [0.15, 0.2) is 20.7 Å². The minimum absolute atomic E-state index is 0.137. The third-order valence-electron chi connectivity index (χ3n) is 2.31. The number of hydrogen-bond acceptors (Lipinski definition) is 4. The molecule has 18 heavy (non-hydrogen) atoms. The lowest BCUT2D eigenvalue weighted by molar-refractivity contribution is 0.570. The number of aryl methyl sites for hydroxylation is 1. The lowest BCUT2D eigenvalue weighted by Gasteiger charge is -2.08. The van der Waals surface area contributed by atoms with E-state index in [0.717, 1.165) is 15.3 Å². The van der Waals surface area contributed by atoms with Gasteiger partial charge in [-0.25, -0.2) is 17.9 Å². The van der Waals surface area contributed by atoms with E-state index in [1.807, 2.05) is 0 Å². The van der Waals surface area contributed by atoms with Gasteiger partial charge in [0.1, 0.15) is 0 Å². The molecule has 9 heteroatoms. The maximum atomic E-state index is 11.9. The predicted molar refractivity (Wildman–Crippen MR) is 67.4 cm³/mol. The Kier molecular flexibility index (Phi) is 4.71. The SMILES string of the molecule is Cn1cc(S(=O)(=O)NCCCCl)c(=O)n(C)c1=O. The van der Waals surface area contributed by atoms with Gasteiger partial charge < -0.3 is 4.57 Å². The van der Waals surface area contributed by atoms with Crippen LogP contribution in [0.25, 0.3) is 0 Å². The van der Waals surface area contributed by atoms with Crippen molar-refractivity contribution in [1.82, 2.24) is 13.9 Å². The molecule has 0 saturated carbocycles. The van der Waals surface area contributed by atoms with Gasteiger partial charge >= 0.3 is 5.69 Å². The second-order valence-corrected chi connectivity index (χ2v) is 5.80. The summed E-state index contributed by atoms with van der Waals surface area (Å²) in [5.74, 6) is 0.313. The van der Waals surface area contributed by atoms with Crippen molar-refractivity contribution in [3.05, 3.63) is 27.0 Å². The summed E-state index contributed by atoms with van der Waals surface area (Å²) in [7, 11) is -1.33. The van der Waals surface area contributed by atoms with Crippen LogP contribution in [-0.2, 0) is 24.1 Å². The molecular formula is C9H14ClN3O4S. The highest BCUT2D eigenvalue weighted by molar-refractivity contribution is 7.89. The molecule has 0 aliphatic carbocycles. The standard InChI is InChI=1S/C9H14ClN3O4S/c1-12-6-7(8(14)13(2)9(12)15)18(16,17)11-5-3-4-10/h6,11H,3-5H2,1-2H3. The van der Waals surface area contributed by atoms with E-state index in [4.69, 9.17) is 11.6 Å². The quantitative estimate of drug-likeness (QED) is 0.557. The van der Waals surface area contributed by atoms with Crippen molar-refractivity contribution in [1.29, 1.82) is 0 Å². The van der Waals surface area contributed by atoms with Crippen molar-refractivity contribution in [3.63, 3.8) is 0 Å². The van der Waals surface area contributed by atoms with Crippen LogP contribution in [0.5, 0.6) is 0 Å². The number of alkyl halides is 1. The first-order chi connectivity index (χ1) is 8.31.